The van der Waals surface area contributed by atoms with Crippen LogP contribution in [0.2, 0.25) is 0 Å². The maximum absolute atomic E-state index is 11.3. The molecule has 0 aromatic rings. The fourth-order valence-electron chi connectivity index (χ4n) is 2.20. The smallest absolute Gasteiger partial charge is 0.304 e. The van der Waals surface area contributed by atoms with E-state index in [9.17, 15) is 19.2 Å². The molecule has 0 spiro atoms. The third kappa shape index (κ3) is 5.78. The third-order valence-corrected chi connectivity index (χ3v) is 3.03. The Morgan fingerprint density at radius 3 is 1.79 bits per heavy atom. The van der Waals surface area contributed by atoms with Crippen LogP contribution in [0.15, 0.2) is 0 Å². The molecule has 5 atom stereocenters. The Morgan fingerprint density at radius 1 is 0.833 bits per heavy atom. The molecule has 0 aliphatic carbocycles. The van der Waals surface area contributed by atoms with Crippen molar-refractivity contribution in [1.29, 1.82) is 0 Å². The van der Waals surface area contributed by atoms with Gasteiger partial charge in [0.1, 0.15) is 18.8 Å². The molecule has 0 aromatic carbocycles. The van der Waals surface area contributed by atoms with E-state index in [1.54, 1.807) is 0 Å². The number of hydrogen-bond acceptors (Lipinski definition) is 10. The Hall–Kier alpha value is -2.20. The van der Waals surface area contributed by atoms with Gasteiger partial charge in [-0.1, -0.05) is 0 Å². The van der Waals surface area contributed by atoms with E-state index in [-0.39, 0.29) is 6.61 Å². The molecule has 1 aliphatic heterocycles. The van der Waals surface area contributed by atoms with Crippen LogP contribution in [0.25, 0.3) is 0 Å². The van der Waals surface area contributed by atoms with Crippen LogP contribution in [-0.4, -0.2) is 61.1 Å². The molecule has 2 N–H and O–H groups in total. The van der Waals surface area contributed by atoms with Crippen molar-refractivity contribution in [3.05, 3.63) is 0 Å². The summed E-state index contributed by atoms with van der Waals surface area (Å²) in [5.41, 5.74) is 5.93. The summed E-state index contributed by atoms with van der Waals surface area (Å²) in [4.78, 5) is 44.9. The standard InChI is InChI=1S/C14H21NO9/c1-6(16)20-5-10-12(21-7(2)17)13(22-8(3)18)11(15)14(24-10)23-9(4)19/h10-14H,5,15H2,1-4H3/t10-,11+,12-,13+,14-/m0/s1. The van der Waals surface area contributed by atoms with Crippen molar-refractivity contribution in [2.24, 2.45) is 5.73 Å². The van der Waals surface area contributed by atoms with Gasteiger partial charge in [-0.2, -0.15) is 0 Å². The van der Waals surface area contributed by atoms with Gasteiger partial charge < -0.3 is 29.4 Å². The topological polar surface area (TPSA) is 140 Å². The lowest BCUT2D eigenvalue weighted by Gasteiger charge is -2.42. The van der Waals surface area contributed by atoms with Crippen LogP contribution in [0.5, 0.6) is 0 Å². The zero-order valence-corrected chi connectivity index (χ0v) is 13.8. The van der Waals surface area contributed by atoms with Crippen molar-refractivity contribution in [2.45, 2.75) is 58.3 Å². The molecule has 0 unspecified atom stereocenters. The Labute approximate surface area is 138 Å². The second kappa shape index (κ2) is 8.60. The Morgan fingerprint density at radius 2 is 1.33 bits per heavy atom. The van der Waals surface area contributed by atoms with Crippen LogP contribution in [0.3, 0.4) is 0 Å². The highest BCUT2D eigenvalue weighted by Crippen LogP contribution is 2.26. The minimum atomic E-state index is -1.26. The Bertz CT molecular complexity index is 490. The largest absolute Gasteiger partial charge is 0.463 e. The zero-order chi connectivity index (χ0) is 18.4. The molecule has 0 bridgehead atoms. The van der Waals surface area contributed by atoms with Crippen molar-refractivity contribution < 1.29 is 42.9 Å². The highest BCUT2D eigenvalue weighted by Gasteiger charge is 2.50. The van der Waals surface area contributed by atoms with Gasteiger partial charge in [-0.3, -0.25) is 19.2 Å². The SMILES string of the molecule is CC(=O)OC[C@@H]1O[C@H](OC(C)=O)[C@H](N)[C@@H](OC(C)=O)[C@H]1OC(C)=O. The van der Waals surface area contributed by atoms with E-state index in [2.05, 4.69) is 0 Å². The van der Waals surface area contributed by atoms with E-state index < -0.39 is 54.5 Å². The fourth-order valence-corrected chi connectivity index (χ4v) is 2.20. The van der Waals surface area contributed by atoms with Crippen LogP contribution in [0.4, 0.5) is 0 Å². The van der Waals surface area contributed by atoms with Gasteiger partial charge in [-0.25, -0.2) is 0 Å². The molecule has 0 amide bonds. The fraction of sp³-hybridized carbons (Fsp3) is 0.714. The summed E-state index contributed by atoms with van der Waals surface area (Å²) in [7, 11) is 0. The summed E-state index contributed by atoms with van der Waals surface area (Å²) in [5, 5.41) is 0. The molecule has 136 valence electrons. The maximum Gasteiger partial charge on any atom is 0.304 e. The molecule has 1 aliphatic rings. The summed E-state index contributed by atoms with van der Waals surface area (Å²) in [6.07, 6.45) is -4.58. The van der Waals surface area contributed by atoms with Crippen LogP contribution in [0, 0.1) is 0 Å². The minimum absolute atomic E-state index is 0.310. The maximum atomic E-state index is 11.3. The van der Waals surface area contributed by atoms with Crippen LogP contribution in [0.1, 0.15) is 27.7 Å². The van der Waals surface area contributed by atoms with Crippen molar-refractivity contribution in [1.82, 2.24) is 0 Å². The lowest BCUT2D eigenvalue weighted by molar-refractivity contribution is -0.267. The Balaban J connectivity index is 3.08. The number of rotatable bonds is 5. The quantitative estimate of drug-likeness (QED) is 0.487. The lowest BCUT2D eigenvalue weighted by atomic mass is 9.97. The van der Waals surface area contributed by atoms with Crippen LogP contribution < -0.4 is 5.73 Å². The van der Waals surface area contributed by atoms with E-state index in [0.29, 0.717) is 0 Å². The van der Waals surface area contributed by atoms with E-state index in [1.807, 2.05) is 0 Å². The third-order valence-electron chi connectivity index (χ3n) is 3.03. The lowest BCUT2D eigenvalue weighted by Crippen LogP contribution is -2.65. The molecule has 0 aromatic heterocycles. The average molecular weight is 347 g/mol. The highest BCUT2D eigenvalue weighted by molar-refractivity contribution is 5.68. The highest BCUT2D eigenvalue weighted by atomic mass is 16.7. The molecule has 1 fully saturated rings. The number of carbonyl (C=O) groups excluding carboxylic acids is 4. The number of esters is 4. The first-order valence-corrected chi connectivity index (χ1v) is 7.18. The van der Waals surface area contributed by atoms with Crippen molar-refractivity contribution >= 4 is 23.9 Å². The number of nitrogens with two attached hydrogens (primary N) is 1. The van der Waals surface area contributed by atoms with Crippen molar-refractivity contribution in [3.8, 4) is 0 Å². The number of ether oxygens (including phenoxy) is 5. The minimum Gasteiger partial charge on any atom is -0.463 e. The summed E-state index contributed by atoms with van der Waals surface area (Å²) in [6.45, 7) is 4.32. The van der Waals surface area contributed by atoms with Gasteiger partial charge >= 0.3 is 23.9 Å². The Kier molecular flexibility index (Phi) is 7.11. The van der Waals surface area contributed by atoms with Gasteiger partial charge in [-0.05, 0) is 0 Å². The van der Waals surface area contributed by atoms with Gasteiger partial charge in [0.05, 0.1) is 0 Å². The second-order valence-corrected chi connectivity index (χ2v) is 5.18. The molecule has 0 saturated carbocycles. The van der Waals surface area contributed by atoms with Gasteiger partial charge in [0.25, 0.3) is 0 Å². The summed E-state index contributed by atoms with van der Waals surface area (Å²) in [5.74, 6) is -2.62. The van der Waals surface area contributed by atoms with Gasteiger partial charge in [-0.15, -0.1) is 0 Å². The molecule has 0 radical (unpaired) electrons. The molecule has 24 heavy (non-hydrogen) atoms. The molecule has 1 heterocycles. The molecular formula is C14H21NO9. The van der Waals surface area contributed by atoms with Gasteiger partial charge in [0.2, 0.25) is 6.29 Å². The van der Waals surface area contributed by atoms with Gasteiger partial charge in [0, 0.05) is 27.7 Å². The van der Waals surface area contributed by atoms with Crippen molar-refractivity contribution in [3.63, 3.8) is 0 Å². The first-order valence-electron chi connectivity index (χ1n) is 7.18. The second-order valence-electron chi connectivity index (χ2n) is 5.18. The summed E-state index contributed by atoms with van der Waals surface area (Å²) >= 11 is 0. The van der Waals surface area contributed by atoms with E-state index in [0.717, 1.165) is 20.8 Å². The van der Waals surface area contributed by atoms with Crippen LogP contribution >= 0.6 is 0 Å². The average Bonchev–Trinajstić information content (AvgIpc) is 2.42. The van der Waals surface area contributed by atoms with E-state index in [1.165, 1.54) is 6.92 Å². The zero-order valence-electron chi connectivity index (χ0n) is 13.8. The molecule has 10 nitrogen and oxygen atoms in total. The predicted octanol–water partition coefficient (Wildman–Crippen LogP) is -0.972. The molecule has 1 saturated heterocycles. The number of carbonyl (C=O) groups is 4. The first-order chi connectivity index (χ1) is 11.1. The first kappa shape index (κ1) is 19.8. The van der Waals surface area contributed by atoms with E-state index >= 15 is 0 Å². The van der Waals surface area contributed by atoms with Crippen molar-refractivity contribution in [2.75, 3.05) is 6.61 Å². The van der Waals surface area contributed by atoms with Gasteiger partial charge in [0.15, 0.2) is 12.2 Å². The molecule has 10 heteroatoms. The monoisotopic (exact) mass is 347 g/mol. The van der Waals surface area contributed by atoms with E-state index in [4.69, 9.17) is 29.4 Å². The van der Waals surface area contributed by atoms with Crippen LogP contribution in [-0.2, 0) is 42.9 Å². The number of hydrogen-bond donors (Lipinski definition) is 1. The molecular weight excluding hydrogens is 326 g/mol. The predicted molar refractivity (Wildman–Crippen MR) is 76.1 cm³/mol. The normalized spacial score (nSPS) is 29.3. The molecule has 1 rings (SSSR count). The summed E-state index contributed by atoms with van der Waals surface area (Å²) in [6, 6.07) is -1.10. The summed E-state index contributed by atoms with van der Waals surface area (Å²) < 4.78 is 25.5.